The largest absolute Gasteiger partial charge is 0.331 e. The van der Waals surface area contributed by atoms with Crippen LogP contribution in [0.3, 0.4) is 0 Å². The Morgan fingerprint density at radius 2 is 2.13 bits per heavy atom. The molecule has 2 aliphatic carbocycles. The van der Waals surface area contributed by atoms with Crippen molar-refractivity contribution in [3.63, 3.8) is 0 Å². The molecule has 0 radical (unpaired) electrons. The van der Waals surface area contributed by atoms with Crippen molar-refractivity contribution in [2.24, 2.45) is 17.8 Å². The van der Waals surface area contributed by atoms with E-state index in [2.05, 4.69) is 12.8 Å². The maximum absolute atomic E-state index is 12.1. The van der Waals surface area contributed by atoms with Gasteiger partial charge in [0.15, 0.2) is 0 Å². The zero-order chi connectivity index (χ0) is 10.8. The lowest BCUT2D eigenvalue weighted by Gasteiger charge is -2.20. The number of fused-ring (bicyclic) bond motifs is 1. The molecule has 2 saturated carbocycles. The highest BCUT2D eigenvalue weighted by Crippen LogP contribution is 2.58. The molecule has 15 heavy (non-hydrogen) atoms. The van der Waals surface area contributed by atoms with Crippen molar-refractivity contribution in [1.82, 2.24) is 4.90 Å². The second kappa shape index (κ2) is 4.26. The van der Waals surface area contributed by atoms with Crippen LogP contribution < -0.4 is 0 Å². The van der Waals surface area contributed by atoms with Crippen molar-refractivity contribution >= 4 is 5.91 Å². The highest BCUT2D eigenvalue weighted by atomic mass is 16.2. The van der Waals surface area contributed by atoms with Crippen LogP contribution in [0.5, 0.6) is 0 Å². The number of carbonyl (C=O) groups excluding carboxylic acids is 1. The first kappa shape index (κ1) is 10.5. The number of hydrogen-bond donors (Lipinski definition) is 0. The molecule has 0 aromatic heterocycles. The summed E-state index contributed by atoms with van der Waals surface area (Å²) in [7, 11) is 0. The second-order valence-corrected chi connectivity index (χ2v) is 4.75. The average Bonchev–Trinajstić information content (AvgIpc) is 2.70. The van der Waals surface area contributed by atoms with Gasteiger partial charge in [-0.2, -0.15) is 0 Å². The third kappa shape index (κ3) is 1.88. The van der Waals surface area contributed by atoms with Gasteiger partial charge in [-0.1, -0.05) is 19.3 Å². The lowest BCUT2D eigenvalue weighted by molar-refractivity contribution is -0.132. The number of rotatable bonds is 4. The fourth-order valence-corrected chi connectivity index (χ4v) is 3.05. The molecule has 1 amide bonds. The van der Waals surface area contributed by atoms with Crippen LogP contribution in [0.1, 0.15) is 32.6 Å². The van der Waals surface area contributed by atoms with Crippen molar-refractivity contribution in [1.29, 1.82) is 0 Å². The molecule has 2 rings (SSSR count). The smallest absolute Gasteiger partial charge is 0.227 e. The monoisotopic (exact) mass is 205 g/mol. The third-order valence-electron chi connectivity index (χ3n) is 3.78. The van der Waals surface area contributed by atoms with E-state index in [1.54, 1.807) is 0 Å². The fraction of sp³-hybridized carbons (Fsp3) is 0.769. The van der Waals surface area contributed by atoms with Gasteiger partial charge in [0.1, 0.15) is 0 Å². The van der Waals surface area contributed by atoms with Gasteiger partial charge < -0.3 is 4.90 Å². The summed E-state index contributed by atoms with van der Waals surface area (Å²) in [5, 5.41) is 0. The minimum atomic E-state index is 0.324. The van der Waals surface area contributed by atoms with Crippen LogP contribution in [-0.4, -0.2) is 23.9 Å². The Morgan fingerprint density at radius 1 is 1.47 bits per heavy atom. The minimum absolute atomic E-state index is 0.324. The van der Waals surface area contributed by atoms with Crippen molar-refractivity contribution in [3.8, 4) is 12.3 Å². The summed E-state index contributed by atoms with van der Waals surface area (Å²) in [4.78, 5) is 14.0. The van der Waals surface area contributed by atoms with Gasteiger partial charge in [0, 0.05) is 12.5 Å². The van der Waals surface area contributed by atoms with Gasteiger partial charge in [-0.25, -0.2) is 0 Å². The molecule has 2 fully saturated rings. The van der Waals surface area contributed by atoms with Crippen molar-refractivity contribution in [3.05, 3.63) is 0 Å². The third-order valence-corrected chi connectivity index (χ3v) is 3.78. The lowest BCUT2D eigenvalue weighted by atomic mass is 10.1. The van der Waals surface area contributed by atoms with Crippen LogP contribution in [0.2, 0.25) is 0 Å². The van der Waals surface area contributed by atoms with E-state index in [4.69, 9.17) is 6.42 Å². The summed E-state index contributed by atoms with van der Waals surface area (Å²) in [5.74, 6) is 4.65. The highest BCUT2D eigenvalue weighted by Gasteiger charge is 2.57. The first-order chi connectivity index (χ1) is 7.29. The van der Waals surface area contributed by atoms with E-state index >= 15 is 0 Å². The molecule has 2 atom stereocenters. The van der Waals surface area contributed by atoms with Crippen molar-refractivity contribution in [2.45, 2.75) is 32.6 Å². The van der Waals surface area contributed by atoms with Crippen LogP contribution in [0, 0.1) is 30.1 Å². The molecule has 0 saturated heterocycles. The van der Waals surface area contributed by atoms with Gasteiger partial charge in [-0.05, 0) is 31.1 Å². The minimum Gasteiger partial charge on any atom is -0.331 e. The van der Waals surface area contributed by atoms with Crippen molar-refractivity contribution < 1.29 is 4.79 Å². The summed E-state index contributed by atoms with van der Waals surface area (Å²) in [5.41, 5.74) is 0. The molecular formula is C13H19NO. The summed E-state index contributed by atoms with van der Waals surface area (Å²) < 4.78 is 0. The molecule has 82 valence electrons. The predicted octanol–water partition coefficient (Wildman–Crippen LogP) is 1.90. The quantitative estimate of drug-likeness (QED) is 0.642. The van der Waals surface area contributed by atoms with Gasteiger partial charge in [0.05, 0.1) is 6.54 Å². The van der Waals surface area contributed by atoms with Gasteiger partial charge in [-0.3, -0.25) is 4.79 Å². The zero-order valence-corrected chi connectivity index (χ0v) is 9.41. The predicted molar refractivity (Wildman–Crippen MR) is 60.0 cm³/mol. The zero-order valence-electron chi connectivity index (χ0n) is 9.41. The van der Waals surface area contributed by atoms with Gasteiger partial charge in [0.25, 0.3) is 0 Å². The Hall–Kier alpha value is -0.970. The SMILES string of the molecule is C#CCN(CCC)C(=O)C1C2CCCC21. The van der Waals surface area contributed by atoms with Crippen LogP contribution in [-0.2, 0) is 4.79 Å². The normalized spacial score (nSPS) is 31.9. The Morgan fingerprint density at radius 3 is 2.67 bits per heavy atom. The number of hydrogen-bond acceptors (Lipinski definition) is 1. The molecule has 2 unspecified atom stereocenters. The van der Waals surface area contributed by atoms with Crippen LogP contribution in [0.4, 0.5) is 0 Å². The standard InChI is InChI=1S/C13H19NO/c1-3-8-14(9-4-2)13(15)12-10-6-5-7-11(10)12/h1,10-12H,4-9H2,2H3. The highest BCUT2D eigenvalue weighted by molar-refractivity contribution is 5.82. The molecule has 2 nitrogen and oxygen atoms in total. The van der Waals surface area contributed by atoms with E-state index in [0.29, 0.717) is 30.2 Å². The number of terminal acetylenes is 1. The average molecular weight is 205 g/mol. The Labute approximate surface area is 92.0 Å². The summed E-state index contributed by atoms with van der Waals surface area (Å²) >= 11 is 0. The summed E-state index contributed by atoms with van der Waals surface area (Å²) in [6.45, 7) is 3.39. The molecule has 0 spiro atoms. The fourth-order valence-electron chi connectivity index (χ4n) is 3.05. The molecule has 0 aromatic carbocycles. The topological polar surface area (TPSA) is 20.3 Å². The number of amides is 1. The van der Waals surface area contributed by atoms with E-state index in [1.165, 1.54) is 19.3 Å². The molecule has 0 heterocycles. The Bertz CT molecular complexity index is 281. The summed E-state index contributed by atoms with van der Waals surface area (Å²) in [6, 6.07) is 0. The van der Waals surface area contributed by atoms with E-state index < -0.39 is 0 Å². The first-order valence-electron chi connectivity index (χ1n) is 6.01. The van der Waals surface area contributed by atoms with E-state index in [9.17, 15) is 4.79 Å². The van der Waals surface area contributed by atoms with Crippen LogP contribution >= 0.6 is 0 Å². The maximum Gasteiger partial charge on any atom is 0.227 e. The molecule has 0 aliphatic heterocycles. The van der Waals surface area contributed by atoms with Crippen molar-refractivity contribution in [2.75, 3.05) is 13.1 Å². The maximum atomic E-state index is 12.1. The summed E-state index contributed by atoms with van der Waals surface area (Å²) in [6.07, 6.45) is 10.1. The molecule has 0 aromatic rings. The second-order valence-electron chi connectivity index (χ2n) is 4.75. The number of nitrogens with zero attached hydrogens (tertiary/aromatic N) is 1. The van der Waals surface area contributed by atoms with E-state index in [1.807, 2.05) is 4.90 Å². The first-order valence-corrected chi connectivity index (χ1v) is 6.01. The Kier molecular flexibility index (Phi) is 3.00. The molecule has 2 heteroatoms. The van der Waals surface area contributed by atoms with Gasteiger partial charge in [0.2, 0.25) is 5.91 Å². The Balaban J connectivity index is 1.91. The lowest BCUT2D eigenvalue weighted by Crippen LogP contribution is -2.34. The van der Waals surface area contributed by atoms with Gasteiger partial charge in [-0.15, -0.1) is 6.42 Å². The molecular weight excluding hydrogens is 186 g/mol. The van der Waals surface area contributed by atoms with Crippen LogP contribution in [0.25, 0.3) is 0 Å². The van der Waals surface area contributed by atoms with E-state index in [-0.39, 0.29) is 0 Å². The molecule has 0 bridgehead atoms. The number of carbonyl (C=O) groups is 1. The van der Waals surface area contributed by atoms with Crippen LogP contribution in [0.15, 0.2) is 0 Å². The van der Waals surface area contributed by atoms with Gasteiger partial charge >= 0.3 is 0 Å². The molecule has 2 aliphatic rings. The molecule has 0 N–H and O–H groups in total. The van der Waals surface area contributed by atoms with E-state index in [0.717, 1.165) is 13.0 Å².